The van der Waals surface area contributed by atoms with Crippen molar-refractivity contribution < 1.29 is 24.2 Å². The number of carboxylic acid groups (broad SMARTS) is 1. The van der Waals surface area contributed by atoms with Gasteiger partial charge in [-0.15, -0.1) is 0 Å². The molecule has 0 saturated heterocycles. The number of benzene rings is 1. The molecule has 0 unspecified atom stereocenters. The van der Waals surface area contributed by atoms with E-state index in [4.69, 9.17) is 9.52 Å². The highest BCUT2D eigenvalue weighted by molar-refractivity contribution is 6.05. The highest BCUT2D eigenvalue weighted by Crippen LogP contribution is 2.22. The normalized spacial score (nSPS) is 10.3. The largest absolute Gasteiger partial charge is 0.507 e. The standard InChI is InChI=1S/C14H13NO5/c1-7-5-10(8(2)20-7)13(17)15-9-3-4-12(16)11(6-9)14(18)19/h3-6,16H,1-2H3,(H,15,17)(H,18,19). The van der Waals surface area contributed by atoms with Crippen LogP contribution in [0.1, 0.15) is 32.2 Å². The van der Waals surface area contributed by atoms with Gasteiger partial charge in [0.15, 0.2) is 0 Å². The summed E-state index contributed by atoms with van der Waals surface area (Å²) >= 11 is 0. The van der Waals surface area contributed by atoms with Gasteiger partial charge in [-0.2, -0.15) is 0 Å². The maximum Gasteiger partial charge on any atom is 0.339 e. The van der Waals surface area contributed by atoms with Crippen molar-refractivity contribution >= 4 is 17.6 Å². The Hall–Kier alpha value is -2.76. The van der Waals surface area contributed by atoms with E-state index >= 15 is 0 Å². The maximum absolute atomic E-state index is 12.0. The van der Waals surface area contributed by atoms with Crippen LogP contribution in [0, 0.1) is 13.8 Å². The van der Waals surface area contributed by atoms with Gasteiger partial charge in [-0.25, -0.2) is 4.79 Å². The molecule has 0 aliphatic heterocycles. The first-order chi connectivity index (χ1) is 9.38. The molecule has 0 atom stereocenters. The molecule has 0 aliphatic rings. The van der Waals surface area contributed by atoms with Gasteiger partial charge < -0.3 is 19.9 Å². The molecule has 0 aliphatic carbocycles. The SMILES string of the molecule is Cc1cc(C(=O)Nc2ccc(O)c(C(=O)O)c2)c(C)o1. The number of aromatic carboxylic acids is 1. The summed E-state index contributed by atoms with van der Waals surface area (Å²) in [5, 5.41) is 20.9. The third-order valence-electron chi connectivity index (χ3n) is 2.77. The second-order valence-electron chi connectivity index (χ2n) is 4.32. The van der Waals surface area contributed by atoms with Crippen molar-refractivity contribution in [1.82, 2.24) is 0 Å². The summed E-state index contributed by atoms with van der Waals surface area (Å²) in [4.78, 5) is 22.9. The summed E-state index contributed by atoms with van der Waals surface area (Å²) in [6, 6.07) is 5.43. The van der Waals surface area contributed by atoms with E-state index in [0.29, 0.717) is 17.1 Å². The Morgan fingerprint density at radius 1 is 1.15 bits per heavy atom. The zero-order valence-corrected chi connectivity index (χ0v) is 10.9. The lowest BCUT2D eigenvalue weighted by Gasteiger charge is -2.06. The molecule has 0 radical (unpaired) electrons. The Bertz CT molecular complexity index is 687. The van der Waals surface area contributed by atoms with Crippen molar-refractivity contribution in [3.05, 3.63) is 46.9 Å². The number of carbonyl (C=O) groups is 2. The van der Waals surface area contributed by atoms with E-state index in [-0.39, 0.29) is 17.0 Å². The number of furan rings is 1. The van der Waals surface area contributed by atoms with Crippen molar-refractivity contribution in [2.75, 3.05) is 5.32 Å². The average Bonchev–Trinajstić information content (AvgIpc) is 2.70. The monoisotopic (exact) mass is 275 g/mol. The van der Waals surface area contributed by atoms with Crippen LogP contribution in [0.15, 0.2) is 28.7 Å². The maximum atomic E-state index is 12.0. The van der Waals surface area contributed by atoms with Gasteiger partial charge in [-0.1, -0.05) is 0 Å². The van der Waals surface area contributed by atoms with E-state index in [9.17, 15) is 14.7 Å². The Labute approximate surface area is 114 Å². The van der Waals surface area contributed by atoms with E-state index < -0.39 is 11.9 Å². The summed E-state index contributed by atoms with van der Waals surface area (Å²) in [5.41, 5.74) is 0.388. The molecule has 20 heavy (non-hydrogen) atoms. The molecule has 0 fully saturated rings. The minimum absolute atomic E-state index is 0.275. The summed E-state index contributed by atoms with van der Waals surface area (Å²) in [5.74, 6) is -0.928. The zero-order chi connectivity index (χ0) is 14.9. The highest BCUT2D eigenvalue weighted by Gasteiger charge is 2.15. The van der Waals surface area contributed by atoms with Crippen LogP contribution in [-0.2, 0) is 0 Å². The van der Waals surface area contributed by atoms with Gasteiger partial charge in [0.2, 0.25) is 0 Å². The number of anilines is 1. The first kappa shape index (κ1) is 13.7. The Kier molecular flexibility index (Phi) is 3.47. The third kappa shape index (κ3) is 2.64. The van der Waals surface area contributed by atoms with Crippen LogP contribution in [0.5, 0.6) is 5.75 Å². The molecular weight excluding hydrogens is 262 g/mol. The zero-order valence-electron chi connectivity index (χ0n) is 10.9. The van der Waals surface area contributed by atoms with Crippen LogP contribution in [0.25, 0.3) is 0 Å². The lowest BCUT2D eigenvalue weighted by molar-refractivity contribution is 0.0693. The van der Waals surface area contributed by atoms with Crippen LogP contribution in [0.4, 0.5) is 5.69 Å². The number of rotatable bonds is 3. The van der Waals surface area contributed by atoms with Gasteiger partial charge in [0.05, 0.1) is 5.56 Å². The summed E-state index contributed by atoms with van der Waals surface area (Å²) < 4.78 is 5.26. The van der Waals surface area contributed by atoms with E-state index in [0.717, 1.165) is 0 Å². The summed E-state index contributed by atoms with van der Waals surface area (Å²) in [7, 11) is 0. The molecule has 0 bridgehead atoms. The Morgan fingerprint density at radius 2 is 1.85 bits per heavy atom. The van der Waals surface area contributed by atoms with Crippen LogP contribution in [-0.4, -0.2) is 22.1 Å². The number of aryl methyl sites for hydroxylation is 2. The van der Waals surface area contributed by atoms with Crippen molar-refractivity contribution in [3.63, 3.8) is 0 Å². The minimum atomic E-state index is -1.27. The molecule has 0 spiro atoms. The lowest BCUT2D eigenvalue weighted by atomic mass is 10.1. The van der Waals surface area contributed by atoms with Crippen LogP contribution in [0.2, 0.25) is 0 Å². The number of carboxylic acids is 1. The van der Waals surface area contributed by atoms with Gasteiger partial charge in [-0.05, 0) is 38.1 Å². The first-order valence-corrected chi connectivity index (χ1v) is 5.83. The molecule has 104 valence electrons. The molecule has 2 aromatic rings. The fourth-order valence-corrected chi connectivity index (χ4v) is 1.84. The number of phenols is 1. The first-order valence-electron chi connectivity index (χ1n) is 5.83. The number of hydrogen-bond acceptors (Lipinski definition) is 4. The lowest BCUT2D eigenvalue weighted by Crippen LogP contribution is -2.12. The molecule has 6 heteroatoms. The number of nitrogens with one attached hydrogen (secondary N) is 1. The molecule has 6 nitrogen and oxygen atoms in total. The molecule has 1 aromatic carbocycles. The van der Waals surface area contributed by atoms with Gasteiger partial charge in [0.1, 0.15) is 22.8 Å². The number of hydrogen-bond donors (Lipinski definition) is 3. The van der Waals surface area contributed by atoms with E-state index in [2.05, 4.69) is 5.32 Å². The van der Waals surface area contributed by atoms with E-state index in [1.54, 1.807) is 19.9 Å². The minimum Gasteiger partial charge on any atom is -0.507 e. The van der Waals surface area contributed by atoms with Crippen molar-refractivity contribution in [3.8, 4) is 5.75 Å². The topological polar surface area (TPSA) is 99.8 Å². The summed E-state index contributed by atoms with van der Waals surface area (Å²) in [6.07, 6.45) is 0. The molecular formula is C14H13NO5. The van der Waals surface area contributed by atoms with Gasteiger partial charge in [0, 0.05) is 5.69 Å². The predicted molar refractivity (Wildman–Crippen MR) is 71.2 cm³/mol. The second-order valence-corrected chi connectivity index (χ2v) is 4.32. The van der Waals surface area contributed by atoms with Crippen molar-refractivity contribution in [1.29, 1.82) is 0 Å². The van der Waals surface area contributed by atoms with Crippen molar-refractivity contribution in [2.45, 2.75) is 13.8 Å². The van der Waals surface area contributed by atoms with Gasteiger partial charge in [0.25, 0.3) is 5.91 Å². The second kappa shape index (κ2) is 5.08. The van der Waals surface area contributed by atoms with Crippen LogP contribution < -0.4 is 5.32 Å². The number of aromatic hydroxyl groups is 1. The van der Waals surface area contributed by atoms with Crippen molar-refractivity contribution in [2.24, 2.45) is 0 Å². The molecule has 0 saturated carbocycles. The van der Waals surface area contributed by atoms with Gasteiger partial charge >= 0.3 is 5.97 Å². The van der Waals surface area contributed by atoms with Crippen LogP contribution >= 0.6 is 0 Å². The van der Waals surface area contributed by atoms with E-state index in [1.807, 2.05) is 0 Å². The summed E-state index contributed by atoms with van der Waals surface area (Å²) in [6.45, 7) is 3.40. The molecule has 1 aromatic heterocycles. The quantitative estimate of drug-likeness (QED) is 0.747. The fraction of sp³-hybridized carbons (Fsp3) is 0.143. The number of amides is 1. The fourth-order valence-electron chi connectivity index (χ4n) is 1.84. The predicted octanol–water partition coefficient (Wildman–Crippen LogP) is 2.55. The molecule has 2 rings (SSSR count). The molecule has 1 heterocycles. The van der Waals surface area contributed by atoms with Gasteiger partial charge in [-0.3, -0.25) is 4.79 Å². The average molecular weight is 275 g/mol. The molecule has 3 N–H and O–H groups in total. The Balaban J connectivity index is 2.26. The highest BCUT2D eigenvalue weighted by atomic mass is 16.4. The number of carbonyl (C=O) groups excluding carboxylic acids is 1. The third-order valence-corrected chi connectivity index (χ3v) is 2.77. The van der Waals surface area contributed by atoms with E-state index in [1.165, 1.54) is 18.2 Å². The van der Waals surface area contributed by atoms with Crippen LogP contribution in [0.3, 0.4) is 0 Å². The Morgan fingerprint density at radius 3 is 2.40 bits per heavy atom. The smallest absolute Gasteiger partial charge is 0.339 e. The molecule has 1 amide bonds.